The number of rotatable bonds is 4. The van der Waals surface area contributed by atoms with Gasteiger partial charge in [0.2, 0.25) is 5.78 Å². The SMILES string of the molecule is c1ccc(-c2cc(-n3c4ccccc4c4nc5n(-c6ccccc6)c6ccccc6n5c43)nc(-c3ccccc3)n2)cc1. The topological polar surface area (TPSA) is 52.9 Å². The van der Waals surface area contributed by atoms with E-state index >= 15 is 0 Å². The molecule has 0 N–H and O–H groups in total. The van der Waals surface area contributed by atoms with Crippen LogP contribution in [0.4, 0.5) is 0 Å². The zero-order valence-electron chi connectivity index (χ0n) is 23.0. The van der Waals surface area contributed by atoms with Crippen molar-refractivity contribution in [1.82, 2.24) is 28.5 Å². The highest BCUT2D eigenvalue weighted by Gasteiger charge is 2.24. The van der Waals surface area contributed by atoms with Crippen molar-refractivity contribution in [2.75, 3.05) is 0 Å². The van der Waals surface area contributed by atoms with Crippen LogP contribution in [-0.4, -0.2) is 28.5 Å². The van der Waals surface area contributed by atoms with Gasteiger partial charge in [-0.1, -0.05) is 109 Å². The van der Waals surface area contributed by atoms with Gasteiger partial charge < -0.3 is 0 Å². The molecule has 0 aliphatic heterocycles. The van der Waals surface area contributed by atoms with E-state index in [9.17, 15) is 0 Å². The van der Waals surface area contributed by atoms with Crippen molar-refractivity contribution in [1.29, 1.82) is 0 Å². The number of imidazole rings is 2. The Morgan fingerprint density at radius 1 is 0.465 bits per heavy atom. The summed E-state index contributed by atoms with van der Waals surface area (Å²) in [5.41, 5.74) is 9.05. The molecule has 9 aromatic rings. The summed E-state index contributed by atoms with van der Waals surface area (Å²) in [6, 6.07) is 49.9. The van der Waals surface area contributed by atoms with E-state index in [2.05, 4.69) is 117 Å². The van der Waals surface area contributed by atoms with Crippen LogP contribution in [0.15, 0.2) is 146 Å². The van der Waals surface area contributed by atoms with E-state index in [0.29, 0.717) is 5.82 Å². The first kappa shape index (κ1) is 23.7. The lowest BCUT2D eigenvalue weighted by atomic mass is 10.1. The van der Waals surface area contributed by atoms with Gasteiger partial charge in [-0.05, 0) is 30.3 Å². The average molecular weight is 553 g/mol. The molecule has 0 saturated carbocycles. The first-order valence-corrected chi connectivity index (χ1v) is 14.3. The standard InChI is InChI=1S/C37H24N6/c1-4-14-25(15-5-1)29-24-33(39-35(38-29)26-16-6-2-7-17-26)42-30-21-11-10-20-28(30)34-36(42)43-32-23-13-12-22-31(32)41(37(43)40-34)27-18-8-3-9-19-27/h1-24H. The number of nitrogens with zero attached hydrogens (tertiary/aromatic N) is 6. The fourth-order valence-electron chi connectivity index (χ4n) is 6.18. The Labute approximate surface area is 246 Å². The van der Waals surface area contributed by atoms with E-state index in [1.807, 2.05) is 42.5 Å². The van der Waals surface area contributed by atoms with Crippen molar-refractivity contribution in [3.8, 4) is 34.2 Å². The Morgan fingerprint density at radius 3 is 1.81 bits per heavy atom. The Morgan fingerprint density at radius 2 is 1.07 bits per heavy atom. The number of hydrogen-bond donors (Lipinski definition) is 0. The lowest BCUT2D eigenvalue weighted by Crippen LogP contribution is -2.04. The van der Waals surface area contributed by atoms with Gasteiger partial charge in [0.1, 0.15) is 11.3 Å². The summed E-state index contributed by atoms with van der Waals surface area (Å²) in [6.07, 6.45) is 0. The molecule has 4 aromatic heterocycles. The van der Waals surface area contributed by atoms with Crippen LogP contribution >= 0.6 is 0 Å². The first-order chi connectivity index (χ1) is 21.3. The monoisotopic (exact) mass is 552 g/mol. The Bertz CT molecular complexity index is 2380. The summed E-state index contributed by atoms with van der Waals surface area (Å²) in [4.78, 5) is 15.6. The summed E-state index contributed by atoms with van der Waals surface area (Å²) in [6.45, 7) is 0. The van der Waals surface area contributed by atoms with Gasteiger partial charge in [-0.15, -0.1) is 0 Å². The zero-order valence-corrected chi connectivity index (χ0v) is 23.0. The quantitative estimate of drug-likeness (QED) is 0.220. The molecule has 0 fully saturated rings. The molecule has 0 aliphatic carbocycles. The van der Waals surface area contributed by atoms with Crippen LogP contribution in [0.1, 0.15) is 0 Å². The van der Waals surface area contributed by atoms with Gasteiger partial charge in [-0.2, -0.15) is 0 Å². The lowest BCUT2D eigenvalue weighted by Gasteiger charge is -2.12. The number of para-hydroxylation sites is 4. The normalized spacial score (nSPS) is 11.7. The fraction of sp³-hybridized carbons (Fsp3) is 0. The van der Waals surface area contributed by atoms with Gasteiger partial charge in [0, 0.05) is 28.3 Å². The molecule has 6 nitrogen and oxygen atoms in total. The van der Waals surface area contributed by atoms with Crippen molar-refractivity contribution in [3.05, 3.63) is 146 Å². The van der Waals surface area contributed by atoms with Crippen LogP contribution in [0.2, 0.25) is 0 Å². The van der Waals surface area contributed by atoms with Crippen molar-refractivity contribution < 1.29 is 0 Å². The number of fused-ring (bicyclic) bond motifs is 7. The molecular formula is C37H24N6. The highest BCUT2D eigenvalue weighted by atomic mass is 15.3. The van der Waals surface area contributed by atoms with E-state index in [-0.39, 0.29) is 0 Å². The number of hydrogen-bond acceptors (Lipinski definition) is 3. The van der Waals surface area contributed by atoms with Crippen molar-refractivity contribution in [2.45, 2.75) is 0 Å². The van der Waals surface area contributed by atoms with Gasteiger partial charge in [0.15, 0.2) is 11.5 Å². The van der Waals surface area contributed by atoms with Gasteiger partial charge in [-0.3, -0.25) is 13.5 Å². The maximum absolute atomic E-state index is 5.33. The van der Waals surface area contributed by atoms with Crippen molar-refractivity contribution >= 4 is 38.9 Å². The zero-order chi connectivity index (χ0) is 28.3. The predicted molar refractivity (Wildman–Crippen MR) is 173 cm³/mol. The van der Waals surface area contributed by atoms with E-state index < -0.39 is 0 Å². The molecule has 43 heavy (non-hydrogen) atoms. The molecule has 0 unspecified atom stereocenters. The third-order valence-electron chi connectivity index (χ3n) is 8.07. The summed E-state index contributed by atoms with van der Waals surface area (Å²) in [7, 11) is 0. The molecule has 5 aromatic carbocycles. The van der Waals surface area contributed by atoms with Gasteiger partial charge >= 0.3 is 0 Å². The fourth-order valence-corrected chi connectivity index (χ4v) is 6.18. The Balaban J connectivity index is 1.44. The summed E-state index contributed by atoms with van der Waals surface area (Å²) < 4.78 is 6.75. The van der Waals surface area contributed by atoms with Gasteiger partial charge in [0.25, 0.3) is 0 Å². The first-order valence-electron chi connectivity index (χ1n) is 14.3. The summed E-state index contributed by atoms with van der Waals surface area (Å²) in [5.74, 6) is 2.32. The molecule has 0 radical (unpaired) electrons. The second kappa shape index (κ2) is 9.26. The van der Waals surface area contributed by atoms with E-state index in [1.165, 1.54) is 0 Å². The maximum atomic E-state index is 5.33. The van der Waals surface area contributed by atoms with Gasteiger partial charge in [0.05, 0.1) is 22.2 Å². The molecular weight excluding hydrogens is 528 g/mol. The molecule has 0 aliphatic rings. The molecule has 4 heterocycles. The molecule has 0 spiro atoms. The molecule has 6 heteroatoms. The lowest BCUT2D eigenvalue weighted by molar-refractivity contribution is 1.02. The van der Waals surface area contributed by atoms with Crippen LogP contribution in [-0.2, 0) is 0 Å². The van der Waals surface area contributed by atoms with E-state index in [0.717, 1.165) is 67.2 Å². The smallest absolute Gasteiger partial charge is 0.221 e. The van der Waals surface area contributed by atoms with Gasteiger partial charge in [-0.25, -0.2) is 15.0 Å². The number of benzene rings is 5. The second-order valence-electron chi connectivity index (χ2n) is 10.6. The molecule has 0 atom stereocenters. The third kappa shape index (κ3) is 3.57. The van der Waals surface area contributed by atoms with Crippen LogP contribution < -0.4 is 0 Å². The van der Waals surface area contributed by atoms with Crippen LogP contribution in [0.3, 0.4) is 0 Å². The molecule has 202 valence electrons. The highest BCUT2D eigenvalue weighted by Crippen LogP contribution is 2.37. The second-order valence-corrected chi connectivity index (χ2v) is 10.6. The molecule has 0 bridgehead atoms. The predicted octanol–water partition coefficient (Wildman–Crippen LogP) is 8.50. The Kier molecular flexibility index (Phi) is 5.10. The minimum atomic E-state index is 0.676. The highest BCUT2D eigenvalue weighted by molar-refractivity contribution is 6.09. The van der Waals surface area contributed by atoms with Crippen LogP contribution in [0, 0.1) is 0 Å². The van der Waals surface area contributed by atoms with E-state index in [1.54, 1.807) is 0 Å². The minimum absolute atomic E-state index is 0.676. The minimum Gasteiger partial charge on any atom is -0.278 e. The summed E-state index contributed by atoms with van der Waals surface area (Å²) in [5, 5.41) is 1.08. The number of aromatic nitrogens is 6. The summed E-state index contributed by atoms with van der Waals surface area (Å²) >= 11 is 0. The van der Waals surface area contributed by atoms with Crippen molar-refractivity contribution in [3.63, 3.8) is 0 Å². The average Bonchev–Trinajstić information content (AvgIpc) is 3.71. The van der Waals surface area contributed by atoms with Crippen LogP contribution in [0.25, 0.3) is 73.0 Å². The Hall–Kier alpha value is -6.01. The van der Waals surface area contributed by atoms with Crippen LogP contribution in [0.5, 0.6) is 0 Å². The molecule has 9 rings (SSSR count). The van der Waals surface area contributed by atoms with Crippen molar-refractivity contribution in [2.24, 2.45) is 0 Å². The third-order valence-corrected chi connectivity index (χ3v) is 8.07. The largest absolute Gasteiger partial charge is 0.278 e. The maximum Gasteiger partial charge on any atom is 0.221 e. The molecule has 0 saturated heterocycles. The molecule has 0 amide bonds. The van der Waals surface area contributed by atoms with E-state index in [4.69, 9.17) is 15.0 Å².